The van der Waals surface area contributed by atoms with E-state index in [0.717, 1.165) is 11.1 Å². The van der Waals surface area contributed by atoms with Crippen LogP contribution in [0.3, 0.4) is 0 Å². The normalized spacial score (nSPS) is 12.3. The van der Waals surface area contributed by atoms with Gasteiger partial charge < -0.3 is 0 Å². The highest BCUT2D eigenvalue weighted by atomic mass is 14.1. The van der Waals surface area contributed by atoms with Crippen LogP contribution in [0.15, 0.2) is 74.4 Å². The van der Waals surface area contributed by atoms with Crippen molar-refractivity contribution in [3.05, 3.63) is 95.9 Å². The molecule has 0 fully saturated rings. The minimum atomic E-state index is 1.11. The van der Waals surface area contributed by atoms with Crippen LogP contribution in [-0.4, -0.2) is 0 Å². The molecule has 0 N–H and O–H groups in total. The molecule has 0 heterocycles. The van der Waals surface area contributed by atoms with Crippen molar-refractivity contribution in [2.24, 2.45) is 0 Å². The molecule has 0 aliphatic heterocycles. The maximum atomic E-state index is 3.91. The molecular weight excluding hydrogens is 324 g/mol. The van der Waals surface area contributed by atoms with Crippen LogP contribution in [0, 0.1) is 0 Å². The zero-order valence-electron chi connectivity index (χ0n) is 16.6. The van der Waals surface area contributed by atoms with Gasteiger partial charge in [-0.15, -0.1) is 0 Å². The summed E-state index contributed by atoms with van der Waals surface area (Å²) in [6.07, 6.45) is 13.9. The van der Waals surface area contributed by atoms with Crippen molar-refractivity contribution in [3.63, 3.8) is 0 Å². The Morgan fingerprint density at radius 3 is 1.48 bits per heavy atom. The van der Waals surface area contributed by atoms with E-state index in [1.807, 2.05) is 45.1 Å². The predicted molar refractivity (Wildman–Crippen MR) is 126 cm³/mol. The highest BCUT2D eigenvalue weighted by Gasteiger charge is 2.03. The molecule has 0 radical (unpaired) electrons. The largest absolute Gasteiger partial charge is 0.0990 e. The average molecular weight is 353 g/mol. The standard InChI is InChI=1S/C25H22.C2H6/c1-5-9-11-21-15-25-17-23-13-19(8-4)18(7-3)12-22(23)16-24(25)14-20(21)10-6-2;1-2/h5-17H,2-4H2,1H3;1-2H3/b9-5-,20-10-,21-11-;. The molecule has 3 rings (SSSR count). The highest BCUT2D eigenvalue weighted by Crippen LogP contribution is 2.26. The molecule has 27 heavy (non-hydrogen) atoms. The first-order chi connectivity index (χ1) is 13.2. The quantitative estimate of drug-likeness (QED) is 0.462. The van der Waals surface area contributed by atoms with Gasteiger partial charge in [-0.25, -0.2) is 0 Å². The first-order valence-corrected chi connectivity index (χ1v) is 9.42. The number of fused-ring (bicyclic) bond motifs is 2. The molecule has 0 aliphatic carbocycles. The van der Waals surface area contributed by atoms with E-state index < -0.39 is 0 Å². The fourth-order valence-corrected chi connectivity index (χ4v) is 3.14. The van der Waals surface area contributed by atoms with Gasteiger partial charge in [-0.2, -0.15) is 0 Å². The number of hydrogen-bond donors (Lipinski definition) is 0. The summed E-state index contributed by atoms with van der Waals surface area (Å²) in [5, 5.41) is 7.24. The second-order valence-electron chi connectivity index (χ2n) is 6.01. The third-order valence-electron chi connectivity index (χ3n) is 4.40. The van der Waals surface area contributed by atoms with Gasteiger partial charge in [-0.3, -0.25) is 0 Å². The lowest BCUT2D eigenvalue weighted by Gasteiger charge is -2.07. The van der Waals surface area contributed by atoms with Crippen LogP contribution in [0.25, 0.3) is 45.8 Å². The van der Waals surface area contributed by atoms with Crippen molar-refractivity contribution >= 4 is 45.8 Å². The molecule has 0 unspecified atom stereocenters. The topological polar surface area (TPSA) is 0 Å². The monoisotopic (exact) mass is 352 g/mol. The lowest BCUT2D eigenvalue weighted by molar-refractivity contribution is 1.50. The molecule has 136 valence electrons. The molecule has 0 nitrogen and oxygen atoms in total. The van der Waals surface area contributed by atoms with E-state index in [2.05, 4.69) is 74.4 Å². The Morgan fingerprint density at radius 1 is 0.630 bits per heavy atom. The van der Waals surface area contributed by atoms with Gasteiger partial charge in [-0.05, 0) is 86.4 Å². The predicted octanol–water partition coefficient (Wildman–Crippen LogP) is 6.63. The van der Waals surface area contributed by atoms with Crippen LogP contribution in [0.4, 0.5) is 0 Å². The third kappa shape index (κ3) is 4.35. The van der Waals surface area contributed by atoms with Gasteiger partial charge >= 0.3 is 0 Å². The number of allylic oxidation sites excluding steroid dienone is 3. The lowest BCUT2D eigenvalue weighted by atomic mass is 9.97. The maximum absolute atomic E-state index is 3.91. The van der Waals surface area contributed by atoms with Crippen LogP contribution in [0.2, 0.25) is 0 Å². The van der Waals surface area contributed by atoms with Gasteiger partial charge in [0.2, 0.25) is 0 Å². The van der Waals surface area contributed by atoms with Crippen molar-refractivity contribution in [1.82, 2.24) is 0 Å². The van der Waals surface area contributed by atoms with Gasteiger partial charge in [0.1, 0.15) is 0 Å². The molecule has 0 heteroatoms. The molecule has 0 aromatic heterocycles. The Balaban J connectivity index is 0.00000126. The molecule has 0 atom stereocenters. The fourth-order valence-electron chi connectivity index (χ4n) is 3.14. The zero-order valence-corrected chi connectivity index (χ0v) is 16.6. The summed E-state index contributed by atoms with van der Waals surface area (Å²) in [6.45, 7) is 17.7. The van der Waals surface area contributed by atoms with E-state index in [4.69, 9.17) is 0 Å². The first kappa shape index (κ1) is 20.2. The average Bonchev–Trinajstić information content (AvgIpc) is 2.71. The summed E-state index contributed by atoms with van der Waals surface area (Å²) in [5.41, 5.74) is 2.22. The van der Waals surface area contributed by atoms with E-state index >= 15 is 0 Å². The van der Waals surface area contributed by atoms with E-state index in [0.29, 0.717) is 0 Å². The van der Waals surface area contributed by atoms with Crippen molar-refractivity contribution in [3.8, 4) is 0 Å². The SMILES string of the molecule is C=C/C=c1/cc2cc3cc(C=C)c(C=C)cc3cc2c/c1=C/C=C\C.CC. The Kier molecular flexibility index (Phi) is 7.14. The summed E-state index contributed by atoms with van der Waals surface area (Å²) in [4.78, 5) is 0. The molecule has 0 saturated heterocycles. The van der Waals surface area contributed by atoms with Gasteiger partial charge in [0.25, 0.3) is 0 Å². The summed E-state index contributed by atoms with van der Waals surface area (Å²) in [7, 11) is 0. The summed E-state index contributed by atoms with van der Waals surface area (Å²) >= 11 is 0. The maximum Gasteiger partial charge on any atom is -0.0171 e. The van der Waals surface area contributed by atoms with Crippen LogP contribution in [0.1, 0.15) is 31.9 Å². The summed E-state index contributed by atoms with van der Waals surface area (Å²) < 4.78 is 0. The van der Waals surface area contributed by atoms with Gasteiger partial charge in [-0.1, -0.05) is 76.1 Å². The number of rotatable bonds is 4. The van der Waals surface area contributed by atoms with Crippen LogP contribution < -0.4 is 10.4 Å². The molecule has 0 bridgehead atoms. The minimum Gasteiger partial charge on any atom is -0.0990 e. The molecular formula is C27H28. The smallest absolute Gasteiger partial charge is 0.0171 e. The van der Waals surface area contributed by atoms with Crippen molar-refractivity contribution in [2.45, 2.75) is 20.8 Å². The Hall–Kier alpha value is -3.12. The van der Waals surface area contributed by atoms with E-state index in [-0.39, 0.29) is 0 Å². The second kappa shape index (κ2) is 9.54. The van der Waals surface area contributed by atoms with E-state index in [1.54, 1.807) is 0 Å². The fraction of sp³-hybridized carbons (Fsp3) is 0.111. The first-order valence-electron chi connectivity index (χ1n) is 9.42. The molecule has 0 amide bonds. The van der Waals surface area contributed by atoms with Gasteiger partial charge in [0, 0.05) is 0 Å². The molecule has 0 saturated carbocycles. The van der Waals surface area contributed by atoms with Gasteiger partial charge in [0.05, 0.1) is 0 Å². The van der Waals surface area contributed by atoms with Crippen molar-refractivity contribution < 1.29 is 0 Å². The third-order valence-corrected chi connectivity index (χ3v) is 4.40. The van der Waals surface area contributed by atoms with E-state index in [1.165, 1.54) is 32.0 Å². The number of benzene rings is 3. The Bertz CT molecular complexity index is 1140. The minimum absolute atomic E-state index is 1.11. The Labute approximate surface area is 162 Å². The van der Waals surface area contributed by atoms with Crippen LogP contribution in [-0.2, 0) is 0 Å². The Morgan fingerprint density at radius 2 is 1.07 bits per heavy atom. The van der Waals surface area contributed by atoms with Gasteiger partial charge in [0.15, 0.2) is 0 Å². The van der Waals surface area contributed by atoms with E-state index in [9.17, 15) is 0 Å². The van der Waals surface area contributed by atoms with Crippen LogP contribution >= 0.6 is 0 Å². The van der Waals surface area contributed by atoms with Crippen molar-refractivity contribution in [1.29, 1.82) is 0 Å². The molecule has 0 aliphatic rings. The van der Waals surface area contributed by atoms with Crippen LogP contribution in [0.5, 0.6) is 0 Å². The lowest BCUT2D eigenvalue weighted by Crippen LogP contribution is -2.23. The van der Waals surface area contributed by atoms with Crippen molar-refractivity contribution in [2.75, 3.05) is 0 Å². The summed E-state index contributed by atoms with van der Waals surface area (Å²) in [5.74, 6) is 0. The molecule has 3 aromatic rings. The molecule has 3 aromatic carbocycles. The number of hydrogen-bond acceptors (Lipinski definition) is 0. The molecule has 0 spiro atoms. The highest BCUT2D eigenvalue weighted by molar-refractivity contribution is 6.00. The summed E-state index contributed by atoms with van der Waals surface area (Å²) in [6, 6.07) is 13.3. The second-order valence-corrected chi connectivity index (χ2v) is 6.01. The zero-order chi connectivity index (χ0) is 19.8.